The Morgan fingerprint density at radius 3 is 2.35 bits per heavy atom. The van der Waals surface area contributed by atoms with E-state index in [1.54, 1.807) is 30.3 Å². The molecule has 0 saturated heterocycles. The molecule has 1 aromatic carbocycles. The predicted octanol–water partition coefficient (Wildman–Crippen LogP) is 1.59. The van der Waals surface area contributed by atoms with Crippen LogP contribution in [0.3, 0.4) is 0 Å². The van der Waals surface area contributed by atoms with Gasteiger partial charge in [0.2, 0.25) is 0 Å². The number of rotatable bonds is 6. The predicted molar refractivity (Wildman–Crippen MR) is 62.2 cm³/mol. The summed E-state index contributed by atoms with van der Waals surface area (Å²) in [4.78, 5) is 21.4. The van der Waals surface area contributed by atoms with Crippen LogP contribution in [-0.2, 0) is 9.59 Å². The van der Waals surface area contributed by atoms with Crippen molar-refractivity contribution in [2.75, 3.05) is 6.61 Å². The highest BCUT2D eigenvalue weighted by Crippen LogP contribution is 2.15. The van der Waals surface area contributed by atoms with Gasteiger partial charge >= 0.3 is 18.1 Å². The zero-order valence-electron chi connectivity index (χ0n) is 10.2. The number of carbonyl (C=O) groups is 2. The van der Waals surface area contributed by atoms with E-state index in [0.717, 1.165) is 0 Å². The Hall–Kier alpha value is -2.25. The summed E-state index contributed by atoms with van der Waals surface area (Å²) in [5, 5.41) is 10.1. The fourth-order valence-corrected chi connectivity index (χ4v) is 1.31. The molecule has 1 atom stereocenters. The van der Waals surface area contributed by atoms with Gasteiger partial charge in [-0.15, -0.1) is 0 Å². The number of alkyl halides is 3. The molecule has 0 aromatic heterocycles. The summed E-state index contributed by atoms with van der Waals surface area (Å²) in [6.07, 6.45) is -5.40. The number of ether oxygens (including phenoxy) is 1. The van der Waals surface area contributed by atoms with Gasteiger partial charge in [-0.2, -0.15) is 13.2 Å². The summed E-state index contributed by atoms with van der Waals surface area (Å²) in [5.41, 5.74) is 0. The molecule has 8 heteroatoms. The average Bonchev–Trinajstić information content (AvgIpc) is 2.37. The number of nitrogens with one attached hydrogen (secondary N) is 1. The molecule has 110 valence electrons. The number of halogens is 3. The smallest absolute Gasteiger partial charge is 0.471 e. The number of aliphatic carboxylic acids is 1. The molecule has 0 aliphatic rings. The largest absolute Gasteiger partial charge is 0.494 e. The number of carboxylic acids is 1. The number of hydrogen-bond acceptors (Lipinski definition) is 3. The molecule has 0 bridgehead atoms. The lowest BCUT2D eigenvalue weighted by atomic mass is 10.2. The van der Waals surface area contributed by atoms with E-state index in [2.05, 4.69) is 0 Å². The van der Waals surface area contributed by atoms with E-state index >= 15 is 0 Å². The number of carboxylic acid groups (broad SMARTS) is 1. The summed E-state index contributed by atoms with van der Waals surface area (Å²) in [6.45, 7) is -0.140. The molecule has 20 heavy (non-hydrogen) atoms. The van der Waals surface area contributed by atoms with Crippen molar-refractivity contribution < 1.29 is 32.6 Å². The quantitative estimate of drug-likeness (QED) is 0.834. The third-order valence-electron chi connectivity index (χ3n) is 2.28. The zero-order valence-corrected chi connectivity index (χ0v) is 10.2. The van der Waals surface area contributed by atoms with E-state index in [0.29, 0.717) is 5.75 Å². The summed E-state index contributed by atoms with van der Waals surface area (Å²) >= 11 is 0. The summed E-state index contributed by atoms with van der Waals surface area (Å²) in [5.74, 6) is -3.39. The average molecular weight is 291 g/mol. The van der Waals surface area contributed by atoms with Gasteiger partial charge in [-0.05, 0) is 12.1 Å². The molecule has 0 saturated carbocycles. The van der Waals surface area contributed by atoms with E-state index in [4.69, 9.17) is 9.84 Å². The topological polar surface area (TPSA) is 75.6 Å². The van der Waals surface area contributed by atoms with Crippen molar-refractivity contribution in [2.45, 2.75) is 18.6 Å². The molecule has 0 fully saturated rings. The molecule has 1 rings (SSSR count). The third kappa shape index (κ3) is 5.17. The van der Waals surface area contributed by atoms with Gasteiger partial charge in [0.05, 0.1) is 6.61 Å². The van der Waals surface area contributed by atoms with E-state index in [-0.39, 0.29) is 13.0 Å². The molecule has 1 aromatic rings. The Balaban J connectivity index is 2.48. The molecule has 5 nitrogen and oxygen atoms in total. The van der Waals surface area contributed by atoms with Gasteiger partial charge in [-0.1, -0.05) is 18.2 Å². The summed E-state index contributed by atoms with van der Waals surface area (Å²) in [6, 6.07) is 6.70. The SMILES string of the molecule is O=C(O)[C@H](CCOc1ccccc1)NC(=O)C(F)(F)F. The van der Waals surface area contributed by atoms with Crippen molar-refractivity contribution in [3.8, 4) is 5.75 Å². The van der Waals surface area contributed by atoms with Gasteiger partial charge in [-0.25, -0.2) is 4.79 Å². The normalized spacial score (nSPS) is 12.6. The van der Waals surface area contributed by atoms with Crippen LogP contribution in [-0.4, -0.2) is 35.8 Å². The Labute approximate surface area is 112 Å². The van der Waals surface area contributed by atoms with E-state index in [9.17, 15) is 22.8 Å². The van der Waals surface area contributed by atoms with Crippen molar-refractivity contribution in [2.24, 2.45) is 0 Å². The van der Waals surface area contributed by atoms with Gasteiger partial charge in [0.1, 0.15) is 11.8 Å². The highest BCUT2D eigenvalue weighted by molar-refractivity contribution is 5.86. The molecule has 0 aliphatic carbocycles. The number of amides is 1. The first-order valence-electron chi connectivity index (χ1n) is 5.59. The Morgan fingerprint density at radius 2 is 1.85 bits per heavy atom. The van der Waals surface area contributed by atoms with Crippen LogP contribution in [0.4, 0.5) is 13.2 Å². The zero-order chi connectivity index (χ0) is 15.2. The van der Waals surface area contributed by atoms with Crippen LogP contribution in [0.15, 0.2) is 30.3 Å². The van der Waals surface area contributed by atoms with E-state index in [1.165, 1.54) is 5.32 Å². The minimum absolute atomic E-state index is 0.140. The molecule has 2 N–H and O–H groups in total. The van der Waals surface area contributed by atoms with Crippen LogP contribution >= 0.6 is 0 Å². The van der Waals surface area contributed by atoms with E-state index < -0.39 is 24.1 Å². The van der Waals surface area contributed by atoms with Crippen molar-refractivity contribution >= 4 is 11.9 Å². The van der Waals surface area contributed by atoms with Gasteiger partial charge in [-0.3, -0.25) is 4.79 Å². The lowest BCUT2D eigenvalue weighted by Crippen LogP contribution is -2.47. The van der Waals surface area contributed by atoms with Gasteiger partial charge < -0.3 is 15.2 Å². The Morgan fingerprint density at radius 1 is 1.25 bits per heavy atom. The molecule has 0 heterocycles. The number of carbonyl (C=O) groups excluding carboxylic acids is 1. The van der Waals surface area contributed by atoms with Crippen LogP contribution in [0.1, 0.15) is 6.42 Å². The highest BCUT2D eigenvalue weighted by atomic mass is 19.4. The maximum Gasteiger partial charge on any atom is 0.471 e. The fourth-order valence-electron chi connectivity index (χ4n) is 1.31. The lowest BCUT2D eigenvalue weighted by molar-refractivity contribution is -0.175. The molecular weight excluding hydrogens is 279 g/mol. The Bertz CT molecular complexity index is 462. The molecule has 1 amide bonds. The van der Waals surface area contributed by atoms with Crippen LogP contribution in [0.25, 0.3) is 0 Å². The maximum absolute atomic E-state index is 12.0. The molecule has 0 spiro atoms. The van der Waals surface area contributed by atoms with Gasteiger partial charge in [0.25, 0.3) is 0 Å². The number of para-hydroxylation sites is 1. The third-order valence-corrected chi connectivity index (χ3v) is 2.28. The van der Waals surface area contributed by atoms with E-state index in [1.807, 2.05) is 0 Å². The minimum Gasteiger partial charge on any atom is -0.494 e. The molecule has 0 aliphatic heterocycles. The molecule has 0 unspecified atom stereocenters. The van der Waals surface area contributed by atoms with Gasteiger partial charge in [0, 0.05) is 6.42 Å². The second-order valence-electron chi connectivity index (χ2n) is 3.81. The van der Waals surface area contributed by atoms with Crippen LogP contribution in [0.5, 0.6) is 5.75 Å². The molecule has 0 radical (unpaired) electrons. The van der Waals surface area contributed by atoms with Crippen LogP contribution in [0, 0.1) is 0 Å². The summed E-state index contributed by atoms with van der Waals surface area (Å²) < 4.78 is 41.2. The Kier molecular flexibility index (Phi) is 5.36. The first-order chi connectivity index (χ1) is 9.30. The second-order valence-corrected chi connectivity index (χ2v) is 3.81. The lowest BCUT2D eigenvalue weighted by Gasteiger charge is -2.16. The second kappa shape index (κ2) is 6.78. The standard InChI is InChI=1S/C12H12F3NO4/c13-12(14,15)11(19)16-9(10(17)18)6-7-20-8-4-2-1-3-5-8/h1-5,9H,6-7H2,(H,16,19)(H,17,18)/t9-/m0/s1. The van der Waals surface area contributed by atoms with Crippen LogP contribution in [0.2, 0.25) is 0 Å². The van der Waals surface area contributed by atoms with Crippen LogP contribution < -0.4 is 10.1 Å². The summed E-state index contributed by atoms with van der Waals surface area (Å²) in [7, 11) is 0. The first kappa shape index (κ1) is 15.8. The number of hydrogen-bond donors (Lipinski definition) is 2. The minimum atomic E-state index is -5.12. The molecular formula is C12H12F3NO4. The first-order valence-corrected chi connectivity index (χ1v) is 5.59. The highest BCUT2D eigenvalue weighted by Gasteiger charge is 2.40. The monoisotopic (exact) mass is 291 g/mol. The maximum atomic E-state index is 12.0. The van der Waals surface area contributed by atoms with Gasteiger partial charge in [0.15, 0.2) is 0 Å². The number of benzene rings is 1. The van der Waals surface area contributed by atoms with Crippen molar-refractivity contribution in [3.05, 3.63) is 30.3 Å². The van der Waals surface area contributed by atoms with Crippen molar-refractivity contribution in [1.29, 1.82) is 0 Å². The van der Waals surface area contributed by atoms with Crippen molar-refractivity contribution in [1.82, 2.24) is 5.32 Å². The van der Waals surface area contributed by atoms with Crippen molar-refractivity contribution in [3.63, 3.8) is 0 Å². The fraction of sp³-hybridized carbons (Fsp3) is 0.333.